The number of carbonyl (C=O) groups is 2. The summed E-state index contributed by atoms with van der Waals surface area (Å²) in [5.74, 6) is 0.886. The van der Waals surface area contributed by atoms with E-state index >= 15 is 0 Å². The third-order valence-electron chi connectivity index (χ3n) is 5.59. The minimum Gasteiger partial charge on any atom is -0.493 e. The Balaban J connectivity index is 1.47. The fraction of sp³-hybridized carbons (Fsp3) is 0.231. The first-order valence-corrected chi connectivity index (χ1v) is 11.9. The predicted octanol–water partition coefficient (Wildman–Crippen LogP) is 5.47. The summed E-state index contributed by atoms with van der Waals surface area (Å²) in [5, 5.41) is 5.53. The predicted molar refractivity (Wildman–Crippen MR) is 138 cm³/mol. The van der Waals surface area contributed by atoms with Crippen molar-refractivity contribution in [1.29, 1.82) is 0 Å². The quantitative estimate of drug-likeness (QED) is 0.357. The van der Waals surface area contributed by atoms with E-state index in [4.69, 9.17) is 37.4 Å². The number of nitrogens with one attached hydrogen (secondary N) is 2. The molecule has 0 fully saturated rings. The molecule has 0 aliphatic carbocycles. The van der Waals surface area contributed by atoms with Crippen LogP contribution >= 0.6 is 23.2 Å². The van der Waals surface area contributed by atoms with E-state index < -0.39 is 6.17 Å². The Kier molecular flexibility index (Phi) is 8.07. The molecule has 1 aliphatic rings. The van der Waals surface area contributed by atoms with Gasteiger partial charge in [0.25, 0.3) is 5.91 Å². The van der Waals surface area contributed by atoms with Crippen LogP contribution in [0.1, 0.15) is 34.9 Å². The van der Waals surface area contributed by atoms with Gasteiger partial charge in [0.05, 0.1) is 31.4 Å². The largest absolute Gasteiger partial charge is 0.493 e. The number of carbonyl (C=O) groups excluding carboxylic acids is 2. The van der Waals surface area contributed by atoms with Gasteiger partial charge in [-0.05, 0) is 48.9 Å². The topological polar surface area (TPSA) is 89.1 Å². The third kappa shape index (κ3) is 5.61. The molecule has 0 spiro atoms. The fourth-order valence-corrected chi connectivity index (χ4v) is 4.29. The minimum atomic E-state index is -0.666. The highest BCUT2D eigenvalue weighted by Crippen LogP contribution is 2.36. The van der Waals surface area contributed by atoms with E-state index in [2.05, 4.69) is 10.7 Å². The molecule has 0 bridgehead atoms. The summed E-state index contributed by atoms with van der Waals surface area (Å²) < 4.78 is 16.4. The van der Waals surface area contributed by atoms with E-state index in [1.807, 2.05) is 18.2 Å². The van der Waals surface area contributed by atoms with Crippen LogP contribution in [-0.2, 0) is 4.79 Å². The van der Waals surface area contributed by atoms with E-state index in [9.17, 15) is 9.59 Å². The van der Waals surface area contributed by atoms with Crippen LogP contribution in [0.25, 0.3) is 0 Å². The Hall–Kier alpha value is -3.62. The lowest BCUT2D eigenvalue weighted by Gasteiger charge is -2.38. The van der Waals surface area contributed by atoms with Crippen molar-refractivity contribution in [1.82, 2.24) is 10.4 Å². The lowest BCUT2D eigenvalue weighted by Crippen LogP contribution is -2.52. The number of rotatable bonds is 9. The highest BCUT2D eigenvalue weighted by atomic mass is 35.5. The van der Waals surface area contributed by atoms with Crippen molar-refractivity contribution in [3.63, 3.8) is 0 Å². The van der Waals surface area contributed by atoms with Gasteiger partial charge < -0.3 is 19.5 Å². The highest BCUT2D eigenvalue weighted by Gasteiger charge is 2.34. The van der Waals surface area contributed by atoms with Crippen molar-refractivity contribution in [2.45, 2.75) is 19.0 Å². The maximum atomic E-state index is 13.4. The van der Waals surface area contributed by atoms with Crippen molar-refractivity contribution in [3.8, 4) is 17.2 Å². The number of hydrogen-bond donors (Lipinski definition) is 2. The minimum absolute atomic E-state index is 0.134. The first kappa shape index (κ1) is 25.5. The number of fused-ring (bicyclic) bond motifs is 1. The van der Waals surface area contributed by atoms with Gasteiger partial charge in [-0.3, -0.25) is 15.0 Å². The number of para-hydroxylation sites is 1. The van der Waals surface area contributed by atoms with Crippen LogP contribution in [0.2, 0.25) is 10.0 Å². The first-order valence-electron chi connectivity index (χ1n) is 11.2. The van der Waals surface area contributed by atoms with Crippen LogP contribution in [0.4, 0.5) is 5.69 Å². The molecule has 36 heavy (non-hydrogen) atoms. The van der Waals surface area contributed by atoms with Crippen molar-refractivity contribution >= 4 is 40.7 Å². The number of halogens is 2. The van der Waals surface area contributed by atoms with Gasteiger partial charge in [-0.2, -0.15) is 0 Å². The summed E-state index contributed by atoms with van der Waals surface area (Å²) >= 11 is 12.0. The molecule has 0 radical (unpaired) electrons. The molecule has 1 unspecified atom stereocenters. The third-order valence-corrected chi connectivity index (χ3v) is 6.13. The van der Waals surface area contributed by atoms with Gasteiger partial charge in [-0.1, -0.05) is 41.4 Å². The van der Waals surface area contributed by atoms with Crippen LogP contribution in [-0.4, -0.2) is 37.6 Å². The van der Waals surface area contributed by atoms with E-state index in [0.29, 0.717) is 50.5 Å². The molecule has 1 aliphatic heterocycles. The summed E-state index contributed by atoms with van der Waals surface area (Å²) in [7, 11) is 3.09. The number of hydrogen-bond acceptors (Lipinski definition) is 6. The zero-order valence-corrected chi connectivity index (χ0v) is 21.2. The average molecular weight is 530 g/mol. The number of ether oxygens (including phenoxy) is 3. The molecule has 3 aromatic carbocycles. The molecule has 1 heterocycles. The standard InChI is InChI=1S/C26H25Cl2N3O5/c1-34-22-11-9-16(14-23(22)35-2)25-29-20-7-4-3-6-18(20)26(33)31(25)30-24(32)8-5-13-36-21-12-10-17(27)15-19(21)28/h3-4,6-7,9-12,14-15,25,29H,5,8,13H2,1-2H3,(H,30,32). The van der Waals surface area contributed by atoms with Crippen LogP contribution in [0.15, 0.2) is 60.7 Å². The average Bonchev–Trinajstić information content (AvgIpc) is 2.88. The van der Waals surface area contributed by atoms with Crippen LogP contribution < -0.4 is 25.0 Å². The number of hydrazine groups is 1. The molecular formula is C26H25Cl2N3O5. The Morgan fingerprint density at radius 2 is 1.75 bits per heavy atom. The molecule has 188 valence electrons. The Morgan fingerprint density at radius 3 is 2.50 bits per heavy atom. The maximum Gasteiger partial charge on any atom is 0.276 e. The number of nitrogens with zero attached hydrogens (tertiary/aromatic N) is 1. The van der Waals surface area contributed by atoms with E-state index in [1.165, 1.54) is 12.1 Å². The molecule has 2 N–H and O–H groups in total. The van der Waals surface area contributed by atoms with Crippen molar-refractivity contribution in [2.75, 3.05) is 26.1 Å². The lowest BCUT2D eigenvalue weighted by molar-refractivity contribution is -0.126. The number of benzene rings is 3. The van der Waals surface area contributed by atoms with Gasteiger partial charge >= 0.3 is 0 Å². The van der Waals surface area contributed by atoms with E-state index in [1.54, 1.807) is 49.6 Å². The maximum absolute atomic E-state index is 13.4. The molecule has 2 amide bonds. The molecule has 1 atom stereocenters. The summed E-state index contributed by atoms with van der Waals surface area (Å²) in [6.07, 6.45) is -0.118. The smallest absolute Gasteiger partial charge is 0.276 e. The van der Waals surface area contributed by atoms with Gasteiger partial charge in [0, 0.05) is 22.7 Å². The van der Waals surface area contributed by atoms with Gasteiger partial charge in [-0.25, -0.2) is 5.01 Å². The van der Waals surface area contributed by atoms with Crippen molar-refractivity contribution < 1.29 is 23.8 Å². The Labute approximate surface area is 219 Å². The molecule has 3 aromatic rings. The molecule has 4 rings (SSSR count). The number of anilines is 1. The second-order valence-corrected chi connectivity index (χ2v) is 8.79. The summed E-state index contributed by atoms with van der Waals surface area (Å²) in [6.45, 7) is 0.267. The van der Waals surface area contributed by atoms with Gasteiger partial charge in [-0.15, -0.1) is 0 Å². The molecule has 0 aromatic heterocycles. The van der Waals surface area contributed by atoms with Crippen LogP contribution in [0, 0.1) is 0 Å². The molecule has 0 saturated heterocycles. The van der Waals surface area contributed by atoms with E-state index in [-0.39, 0.29) is 24.8 Å². The molecular weight excluding hydrogens is 505 g/mol. The van der Waals surface area contributed by atoms with Crippen LogP contribution in [0.5, 0.6) is 17.2 Å². The molecule has 0 saturated carbocycles. The van der Waals surface area contributed by atoms with Crippen molar-refractivity contribution in [2.24, 2.45) is 0 Å². The Bertz CT molecular complexity index is 1270. The summed E-state index contributed by atoms with van der Waals surface area (Å²) in [6, 6.07) is 17.4. The number of methoxy groups -OCH3 is 2. The molecule has 8 nitrogen and oxygen atoms in total. The Morgan fingerprint density at radius 1 is 1.00 bits per heavy atom. The summed E-state index contributed by atoms with van der Waals surface area (Å²) in [4.78, 5) is 26.2. The SMILES string of the molecule is COc1ccc(C2Nc3ccccc3C(=O)N2NC(=O)CCCOc2ccc(Cl)cc2Cl)cc1OC. The van der Waals surface area contributed by atoms with Gasteiger partial charge in [0.15, 0.2) is 11.5 Å². The second kappa shape index (κ2) is 11.4. The second-order valence-electron chi connectivity index (χ2n) is 7.94. The van der Waals surface area contributed by atoms with Gasteiger partial charge in [0.1, 0.15) is 11.9 Å². The molecule has 10 heteroatoms. The highest BCUT2D eigenvalue weighted by molar-refractivity contribution is 6.35. The van der Waals surface area contributed by atoms with Crippen LogP contribution in [0.3, 0.4) is 0 Å². The zero-order chi connectivity index (χ0) is 25.7. The first-order chi connectivity index (χ1) is 17.4. The number of amides is 2. The lowest BCUT2D eigenvalue weighted by atomic mass is 10.0. The van der Waals surface area contributed by atoms with Gasteiger partial charge in [0.2, 0.25) is 5.91 Å². The van der Waals surface area contributed by atoms with Crippen molar-refractivity contribution in [3.05, 3.63) is 81.8 Å². The zero-order valence-electron chi connectivity index (χ0n) is 19.7. The summed E-state index contributed by atoms with van der Waals surface area (Å²) in [5.41, 5.74) is 4.58. The normalized spacial score (nSPS) is 14.5. The van der Waals surface area contributed by atoms with E-state index in [0.717, 1.165) is 0 Å². The fourth-order valence-electron chi connectivity index (χ4n) is 3.82. The monoisotopic (exact) mass is 529 g/mol.